The number of thioether (sulfide) groups is 1. The van der Waals surface area contributed by atoms with Gasteiger partial charge in [0.1, 0.15) is 0 Å². The summed E-state index contributed by atoms with van der Waals surface area (Å²) in [4.78, 5) is 19.3. The third kappa shape index (κ3) is 2.73. The molecule has 5 rings (SSSR count). The summed E-state index contributed by atoms with van der Waals surface area (Å²) in [5, 5.41) is 1.02. The molecule has 1 aliphatic heterocycles. The van der Waals surface area contributed by atoms with Crippen LogP contribution in [0.25, 0.3) is 0 Å². The fourth-order valence-corrected chi connectivity index (χ4v) is 5.61. The Balaban J connectivity index is 1.78. The number of nitrogens with zero attached hydrogens (tertiary/aromatic N) is 1. The lowest BCUT2D eigenvalue weighted by Gasteiger charge is -2.22. The fraction of sp³-hybridized carbons (Fsp3) is 0.0909. The second-order valence-corrected chi connectivity index (χ2v) is 8.58. The number of para-hydroxylation sites is 1. The molecule has 0 saturated heterocycles. The summed E-state index contributed by atoms with van der Waals surface area (Å²) in [5.74, 6) is -0.304. The van der Waals surface area contributed by atoms with Crippen LogP contribution in [-0.2, 0) is 0 Å². The zero-order chi connectivity index (χ0) is 18.5. The van der Waals surface area contributed by atoms with Gasteiger partial charge in [0.05, 0.1) is 22.6 Å². The first kappa shape index (κ1) is 17.1. The summed E-state index contributed by atoms with van der Waals surface area (Å²) >= 11 is 14.4. The Hall–Kier alpha value is -2.07. The van der Waals surface area contributed by atoms with E-state index >= 15 is 0 Å². The van der Waals surface area contributed by atoms with Crippen LogP contribution in [0.4, 0.5) is 5.69 Å². The molecule has 2 unspecified atom stereocenters. The van der Waals surface area contributed by atoms with Gasteiger partial charge in [-0.25, -0.2) is 0 Å². The summed E-state index contributed by atoms with van der Waals surface area (Å²) in [6.45, 7) is 0. The third-order valence-electron chi connectivity index (χ3n) is 4.97. The largest absolute Gasteiger partial charge is 0.293 e. The zero-order valence-corrected chi connectivity index (χ0v) is 16.4. The van der Waals surface area contributed by atoms with Crippen molar-refractivity contribution in [2.75, 3.05) is 0 Å². The van der Waals surface area contributed by atoms with E-state index in [4.69, 9.17) is 28.2 Å². The van der Waals surface area contributed by atoms with Crippen LogP contribution in [-0.4, -0.2) is 11.5 Å². The van der Waals surface area contributed by atoms with Crippen molar-refractivity contribution in [3.05, 3.63) is 93.5 Å². The molecule has 3 aromatic rings. The van der Waals surface area contributed by atoms with Gasteiger partial charge < -0.3 is 0 Å². The Morgan fingerprint density at radius 1 is 0.889 bits per heavy atom. The summed E-state index contributed by atoms with van der Waals surface area (Å²) in [7, 11) is 0. The first-order chi connectivity index (χ1) is 13.1. The molecule has 0 amide bonds. The highest BCUT2D eigenvalue weighted by molar-refractivity contribution is 7.99. The molecule has 2 nitrogen and oxygen atoms in total. The van der Waals surface area contributed by atoms with Crippen LogP contribution in [0.3, 0.4) is 0 Å². The number of aliphatic imine (C=N–C) groups is 1. The highest BCUT2D eigenvalue weighted by Gasteiger charge is 2.44. The summed E-state index contributed by atoms with van der Waals surface area (Å²) in [5.41, 5.74) is 4.20. The first-order valence-electron chi connectivity index (χ1n) is 8.56. The SMILES string of the molecule is O=C1c2ccccc2C2=Nc3ccccc3SC(c3cc(Cl)ccc3Cl)C12. The molecule has 2 atom stereocenters. The summed E-state index contributed by atoms with van der Waals surface area (Å²) in [6.07, 6.45) is 0. The van der Waals surface area contributed by atoms with Gasteiger partial charge >= 0.3 is 0 Å². The van der Waals surface area contributed by atoms with Crippen molar-refractivity contribution in [3.8, 4) is 0 Å². The Labute approximate surface area is 171 Å². The van der Waals surface area contributed by atoms with E-state index in [1.165, 1.54) is 0 Å². The van der Waals surface area contributed by atoms with Crippen LogP contribution in [0, 0.1) is 5.92 Å². The van der Waals surface area contributed by atoms with E-state index < -0.39 is 5.92 Å². The topological polar surface area (TPSA) is 29.4 Å². The van der Waals surface area contributed by atoms with Gasteiger partial charge in [-0.1, -0.05) is 59.6 Å². The Morgan fingerprint density at radius 3 is 2.48 bits per heavy atom. The molecular weight excluding hydrogens is 397 g/mol. The lowest BCUT2D eigenvalue weighted by molar-refractivity contribution is 0.0960. The number of Topliss-reactive ketones (excluding diaryl/α,β-unsaturated/α-hetero) is 1. The number of ketones is 1. The van der Waals surface area contributed by atoms with E-state index in [1.807, 2.05) is 54.6 Å². The molecule has 0 saturated carbocycles. The molecule has 2 aliphatic rings. The lowest BCUT2D eigenvalue weighted by Crippen LogP contribution is -2.22. The maximum absolute atomic E-state index is 13.3. The molecule has 0 bridgehead atoms. The average Bonchev–Trinajstić information content (AvgIpc) is 2.85. The molecule has 132 valence electrons. The van der Waals surface area contributed by atoms with E-state index in [1.54, 1.807) is 23.9 Å². The molecule has 0 N–H and O–H groups in total. The quantitative estimate of drug-likeness (QED) is 0.443. The molecule has 27 heavy (non-hydrogen) atoms. The van der Waals surface area contributed by atoms with Crippen molar-refractivity contribution in [1.29, 1.82) is 0 Å². The number of carbonyl (C=O) groups excluding carboxylic acids is 1. The van der Waals surface area contributed by atoms with E-state index in [2.05, 4.69) is 0 Å². The molecule has 0 aromatic heterocycles. The molecular formula is C22H13Cl2NOS. The van der Waals surface area contributed by atoms with Gasteiger partial charge in [-0.3, -0.25) is 9.79 Å². The smallest absolute Gasteiger partial charge is 0.174 e. The van der Waals surface area contributed by atoms with E-state index in [-0.39, 0.29) is 11.0 Å². The molecule has 0 radical (unpaired) electrons. The summed E-state index contributed by atoms with van der Waals surface area (Å²) < 4.78 is 0. The number of carbonyl (C=O) groups is 1. The van der Waals surface area contributed by atoms with E-state index in [0.717, 1.165) is 33.0 Å². The lowest BCUT2D eigenvalue weighted by atomic mass is 9.93. The van der Waals surface area contributed by atoms with Crippen molar-refractivity contribution in [1.82, 2.24) is 0 Å². The van der Waals surface area contributed by atoms with Gasteiger partial charge in [-0.05, 0) is 35.9 Å². The predicted molar refractivity (Wildman–Crippen MR) is 112 cm³/mol. The molecule has 0 spiro atoms. The molecule has 3 aromatic carbocycles. The molecule has 1 aliphatic carbocycles. The van der Waals surface area contributed by atoms with E-state index in [9.17, 15) is 4.79 Å². The Kier molecular flexibility index (Phi) is 4.12. The van der Waals surface area contributed by atoms with Gasteiger partial charge in [0.15, 0.2) is 5.78 Å². The van der Waals surface area contributed by atoms with Crippen molar-refractivity contribution in [2.24, 2.45) is 10.9 Å². The minimum atomic E-state index is -0.393. The number of hydrogen-bond donors (Lipinski definition) is 0. The average molecular weight is 410 g/mol. The number of hydrogen-bond acceptors (Lipinski definition) is 3. The van der Waals surface area contributed by atoms with Gasteiger partial charge in [0.2, 0.25) is 0 Å². The van der Waals surface area contributed by atoms with Gasteiger partial charge in [-0.15, -0.1) is 11.8 Å². The van der Waals surface area contributed by atoms with Crippen LogP contribution in [0.5, 0.6) is 0 Å². The van der Waals surface area contributed by atoms with Crippen LogP contribution in [0.15, 0.2) is 76.6 Å². The van der Waals surface area contributed by atoms with Crippen LogP contribution in [0.1, 0.15) is 26.7 Å². The van der Waals surface area contributed by atoms with Crippen LogP contribution in [0.2, 0.25) is 10.0 Å². The van der Waals surface area contributed by atoms with E-state index in [0.29, 0.717) is 10.0 Å². The van der Waals surface area contributed by atoms with Crippen molar-refractivity contribution < 1.29 is 4.79 Å². The fourth-order valence-electron chi connectivity index (χ4n) is 3.75. The van der Waals surface area contributed by atoms with Crippen molar-refractivity contribution in [3.63, 3.8) is 0 Å². The third-order valence-corrected chi connectivity index (χ3v) is 6.93. The maximum atomic E-state index is 13.3. The zero-order valence-electron chi connectivity index (χ0n) is 14.0. The van der Waals surface area contributed by atoms with Gasteiger partial charge in [0.25, 0.3) is 0 Å². The maximum Gasteiger partial charge on any atom is 0.174 e. The molecule has 0 fully saturated rings. The molecule has 1 heterocycles. The van der Waals surface area contributed by atoms with Crippen LogP contribution < -0.4 is 0 Å². The van der Waals surface area contributed by atoms with Crippen molar-refractivity contribution in [2.45, 2.75) is 10.1 Å². The summed E-state index contributed by atoms with van der Waals surface area (Å²) in [6, 6.07) is 21.1. The Morgan fingerprint density at radius 2 is 1.63 bits per heavy atom. The standard InChI is InChI=1S/C22H13Cl2NOS/c23-12-9-10-16(24)15(11-12)22-19-20(13-5-1-2-6-14(13)21(19)26)25-17-7-3-4-8-18(17)27-22/h1-11,19,22H. The number of fused-ring (bicyclic) bond motifs is 4. The number of rotatable bonds is 1. The minimum Gasteiger partial charge on any atom is -0.293 e. The highest BCUT2D eigenvalue weighted by Crippen LogP contribution is 2.52. The number of halogens is 2. The monoisotopic (exact) mass is 409 g/mol. The second-order valence-electron chi connectivity index (χ2n) is 6.56. The normalized spacial score (nSPS) is 20.4. The predicted octanol–water partition coefficient (Wildman–Crippen LogP) is 6.77. The Bertz CT molecular complexity index is 1120. The van der Waals surface area contributed by atoms with Crippen molar-refractivity contribution >= 4 is 52.1 Å². The highest BCUT2D eigenvalue weighted by atomic mass is 35.5. The second kappa shape index (κ2) is 6.52. The van der Waals surface area contributed by atoms with Gasteiger partial charge in [0, 0.05) is 26.1 Å². The molecule has 5 heteroatoms. The van der Waals surface area contributed by atoms with Crippen LogP contribution >= 0.6 is 35.0 Å². The number of benzene rings is 3. The van der Waals surface area contributed by atoms with Gasteiger partial charge in [-0.2, -0.15) is 0 Å². The minimum absolute atomic E-state index is 0.0886. The first-order valence-corrected chi connectivity index (χ1v) is 10.2.